The second kappa shape index (κ2) is 7.06. The van der Waals surface area contributed by atoms with Crippen molar-refractivity contribution in [1.29, 1.82) is 0 Å². The van der Waals surface area contributed by atoms with Crippen LogP contribution >= 0.6 is 0 Å². The highest BCUT2D eigenvalue weighted by atomic mass is 19.4. The van der Waals surface area contributed by atoms with Crippen molar-refractivity contribution < 1.29 is 27.8 Å². The molecule has 5 nitrogen and oxygen atoms in total. The smallest absolute Gasteiger partial charge is 0.382 e. The van der Waals surface area contributed by atoms with Crippen molar-refractivity contribution in [1.82, 2.24) is 10.6 Å². The number of ether oxygens (including phenoxy) is 1. The first-order chi connectivity index (χ1) is 8.86. The summed E-state index contributed by atoms with van der Waals surface area (Å²) in [6.45, 7) is 2.38. The lowest BCUT2D eigenvalue weighted by atomic mass is 10.0. The molecule has 0 aromatic heterocycles. The Morgan fingerprint density at radius 1 is 1.47 bits per heavy atom. The van der Waals surface area contributed by atoms with Gasteiger partial charge in [0, 0.05) is 6.04 Å². The first kappa shape index (κ1) is 16.2. The van der Waals surface area contributed by atoms with E-state index in [1.165, 1.54) is 0 Å². The largest absolute Gasteiger partial charge is 0.416 e. The molecule has 0 aromatic carbocycles. The van der Waals surface area contributed by atoms with Crippen LogP contribution in [0.4, 0.5) is 13.2 Å². The molecule has 1 fully saturated rings. The minimum absolute atomic E-state index is 0.176. The number of hydrogen-bond donors (Lipinski definition) is 3. The summed E-state index contributed by atoms with van der Waals surface area (Å²) >= 11 is 0. The summed E-state index contributed by atoms with van der Waals surface area (Å²) in [6.07, 6.45) is -6.38. The monoisotopic (exact) mass is 284 g/mol. The third-order valence-corrected chi connectivity index (χ3v) is 2.92. The number of halogens is 3. The average Bonchev–Trinajstić information content (AvgIpc) is 2.79. The molecule has 3 atom stereocenters. The summed E-state index contributed by atoms with van der Waals surface area (Å²) in [5, 5.41) is 14.0. The Kier molecular flexibility index (Phi) is 6.02. The minimum Gasteiger partial charge on any atom is -0.382 e. The normalized spacial score (nSPS) is 25.3. The van der Waals surface area contributed by atoms with E-state index in [0.29, 0.717) is 13.2 Å². The average molecular weight is 284 g/mol. The highest BCUT2D eigenvalue weighted by molar-refractivity contribution is 5.79. The van der Waals surface area contributed by atoms with E-state index in [0.717, 1.165) is 6.42 Å². The minimum atomic E-state index is -4.72. The molecule has 0 spiro atoms. The maximum Gasteiger partial charge on any atom is 0.416 e. The van der Waals surface area contributed by atoms with Crippen molar-refractivity contribution in [2.75, 3.05) is 26.3 Å². The molecule has 1 rings (SSSR count). The van der Waals surface area contributed by atoms with Crippen LogP contribution in [0.1, 0.15) is 13.3 Å². The molecular formula is C11H19F3N2O3. The molecule has 1 aliphatic rings. The van der Waals surface area contributed by atoms with E-state index in [2.05, 4.69) is 10.6 Å². The SMILES string of the molecule is CCCNC1COCC1C(=O)NCC(O)C(F)(F)F. The van der Waals surface area contributed by atoms with E-state index in [9.17, 15) is 18.0 Å². The van der Waals surface area contributed by atoms with Crippen LogP contribution in [0.3, 0.4) is 0 Å². The maximum atomic E-state index is 12.1. The van der Waals surface area contributed by atoms with Crippen LogP contribution in [-0.2, 0) is 9.53 Å². The van der Waals surface area contributed by atoms with Gasteiger partial charge in [0.1, 0.15) is 0 Å². The van der Waals surface area contributed by atoms with E-state index >= 15 is 0 Å². The van der Waals surface area contributed by atoms with E-state index in [-0.39, 0.29) is 12.6 Å². The summed E-state index contributed by atoms with van der Waals surface area (Å²) < 4.78 is 41.4. The number of aliphatic hydroxyl groups is 1. The summed E-state index contributed by atoms with van der Waals surface area (Å²) in [5.41, 5.74) is 0. The molecule has 0 bridgehead atoms. The Labute approximate surface area is 109 Å². The van der Waals surface area contributed by atoms with Crippen LogP contribution in [-0.4, -0.2) is 55.6 Å². The van der Waals surface area contributed by atoms with Gasteiger partial charge in [-0.05, 0) is 13.0 Å². The zero-order valence-corrected chi connectivity index (χ0v) is 10.7. The molecule has 0 aromatic rings. The number of nitrogens with one attached hydrogen (secondary N) is 2. The Hall–Kier alpha value is -0.860. The molecule has 1 amide bonds. The van der Waals surface area contributed by atoms with E-state index in [1.54, 1.807) is 0 Å². The van der Waals surface area contributed by atoms with Crippen molar-refractivity contribution in [3.8, 4) is 0 Å². The van der Waals surface area contributed by atoms with E-state index in [4.69, 9.17) is 9.84 Å². The van der Waals surface area contributed by atoms with Gasteiger partial charge in [0.2, 0.25) is 5.91 Å². The molecule has 112 valence electrons. The van der Waals surface area contributed by atoms with Crippen LogP contribution in [0.2, 0.25) is 0 Å². The molecule has 1 aliphatic heterocycles. The van der Waals surface area contributed by atoms with Gasteiger partial charge in [-0.15, -0.1) is 0 Å². The number of carbonyl (C=O) groups excluding carboxylic acids is 1. The summed E-state index contributed by atoms with van der Waals surface area (Å²) in [4.78, 5) is 11.7. The van der Waals surface area contributed by atoms with Crippen LogP contribution in [0.5, 0.6) is 0 Å². The zero-order chi connectivity index (χ0) is 14.5. The standard InChI is InChI=1S/C11H19F3N2O3/c1-2-3-15-8-6-19-5-7(8)10(18)16-4-9(17)11(12,13)14/h7-9,15,17H,2-6H2,1H3,(H,16,18). The lowest BCUT2D eigenvalue weighted by Gasteiger charge is -2.20. The molecule has 3 unspecified atom stereocenters. The fraction of sp³-hybridized carbons (Fsp3) is 0.909. The fourth-order valence-corrected chi connectivity index (χ4v) is 1.79. The molecule has 1 saturated heterocycles. The van der Waals surface area contributed by atoms with Crippen molar-refractivity contribution in [3.05, 3.63) is 0 Å². The number of hydrogen-bond acceptors (Lipinski definition) is 4. The number of alkyl halides is 3. The lowest BCUT2D eigenvalue weighted by Crippen LogP contribution is -2.47. The topological polar surface area (TPSA) is 70.6 Å². The Morgan fingerprint density at radius 2 is 2.16 bits per heavy atom. The summed E-state index contributed by atoms with van der Waals surface area (Å²) in [6, 6.07) is -0.192. The number of aliphatic hydroxyl groups excluding tert-OH is 1. The maximum absolute atomic E-state index is 12.1. The van der Waals surface area contributed by atoms with Crippen molar-refractivity contribution in [3.63, 3.8) is 0 Å². The van der Waals surface area contributed by atoms with Crippen LogP contribution in [0.25, 0.3) is 0 Å². The molecule has 3 N–H and O–H groups in total. The first-order valence-corrected chi connectivity index (χ1v) is 6.19. The second-order valence-electron chi connectivity index (χ2n) is 4.51. The Morgan fingerprint density at radius 3 is 2.74 bits per heavy atom. The van der Waals surface area contributed by atoms with Crippen molar-refractivity contribution >= 4 is 5.91 Å². The Balaban J connectivity index is 2.40. The Bertz CT molecular complexity index is 299. The quantitative estimate of drug-likeness (QED) is 0.644. The van der Waals surface area contributed by atoms with Gasteiger partial charge in [-0.25, -0.2) is 0 Å². The predicted octanol–water partition coefficient (Wildman–Crippen LogP) is 0.0404. The third kappa shape index (κ3) is 4.96. The highest BCUT2D eigenvalue weighted by Crippen LogP contribution is 2.19. The zero-order valence-electron chi connectivity index (χ0n) is 10.7. The first-order valence-electron chi connectivity index (χ1n) is 6.19. The van der Waals surface area contributed by atoms with Crippen molar-refractivity contribution in [2.24, 2.45) is 5.92 Å². The third-order valence-electron chi connectivity index (χ3n) is 2.92. The van der Waals surface area contributed by atoms with Gasteiger partial charge in [-0.1, -0.05) is 6.92 Å². The second-order valence-corrected chi connectivity index (χ2v) is 4.51. The molecule has 0 radical (unpaired) electrons. The number of rotatable bonds is 6. The van der Waals surface area contributed by atoms with Crippen LogP contribution in [0, 0.1) is 5.92 Å². The lowest BCUT2D eigenvalue weighted by molar-refractivity contribution is -0.202. The summed E-state index contributed by atoms with van der Waals surface area (Å²) in [5.74, 6) is -1.05. The van der Waals surface area contributed by atoms with Crippen LogP contribution < -0.4 is 10.6 Å². The van der Waals surface area contributed by atoms with E-state index < -0.39 is 30.7 Å². The molecule has 8 heteroatoms. The summed E-state index contributed by atoms with van der Waals surface area (Å²) in [7, 11) is 0. The van der Waals surface area contributed by atoms with Gasteiger partial charge in [0.25, 0.3) is 0 Å². The van der Waals surface area contributed by atoms with Gasteiger partial charge in [0.05, 0.1) is 25.7 Å². The van der Waals surface area contributed by atoms with Gasteiger partial charge < -0.3 is 20.5 Å². The van der Waals surface area contributed by atoms with Crippen molar-refractivity contribution in [2.45, 2.75) is 31.7 Å². The van der Waals surface area contributed by atoms with Gasteiger partial charge in [0.15, 0.2) is 6.10 Å². The molecule has 19 heavy (non-hydrogen) atoms. The fourth-order valence-electron chi connectivity index (χ4n) is 1.79. The molecule has 0 aliphatic carbocycles. The predicted molar refractivity (Wildman–Crippen MR) is 61.5 cm³/mol. The van der Waals surface area contributed by atoms with Gasteiger partial charge in [-0.3, -0.25) is 4.79 Å². The highest BCUT2D eigenvalue weighted by Gasteiger charge is 2.39. The number of carbonyl (C=O) groups is 1. The molecular weight excluding hydrogens is 265 g/mol. The molecule has 0 saturated carbocycles. The van der Waals surface area contributed by atoms with Gasteiger partial charge in [-0.2, -0.15) is 13.2 Å². The van der Waals surface area contributed by atoms with Crippen LogP contribution in [0.15, 0.2) is 0 Å². The molecule has 1 heterocycles. The van der Waals surface area contributed by atoms with E-state index in [1.807, 2.05) is 6.92 Å². The van der Waals surface area contributed by atoms with Gasteiger partial charge >= 0.3 is 6.18 Å². The number of amides is 1.